The van der Waals surface area contributed by atoms with Crippen molar-refractivity contribution < 1.29 is 0 Å². The lowest BCUT2D eigenvalue weighted by Gasteiger charge is -2.21. The predicted molar refractivity (Wildman–Crippen MR) is 137 cm³/mol. The van der Waals surface area contributed by atoms with Gasteiger partial charge in [-0.15, -0.1) is 0 Å². The van der Waals surface area contributed by atoms with Gasteiger partial charge in [-0.1, -0.05) is 26.8 Å². The van der Waals surface area contributed by atoms with Gasteiger partial charge in [-0.05, 0) is 62.2 Å². The topological polar surface area (TPSA) is 76.8 Å². The first-order valence-corrected chi connectivity index (χ1v) is 11.9. The Morgan fingerprint density at radius 1 is 1.06 bits per heavy atom. The first kappa shape index (κ1) is 22.3. The fraction of sp³-hybridized carbons (Fsp3) is 0.370. The van der Waals surface area contributed by atoms with E-state index in [4.69, 9.17) is 0 Å². The van der Waals surface area contributed by atoms with E-state index in [0.29, 0.717) is 11.2 Å². The Labute approximate surface area is 199 Å². The molecule has 4 aromatic rings. The van der Waals surface area contributed by atoms with E-state index >= 15 is 0 Å². The first-order valence-electron chi connectivity index (χ1n) is 11.9. The van der Waals surface area contributed by atoms with Crippen molar-refractivity contribution in [3.63, 3.8) is 0 Å². The van der Waals surface area contributed by atoms with Crippen molar-refractivity contribution in [1.29, 1.82) is 0 Å². The summed E-state index contributed by atoms with van der Waals surface area (Å²) in [5.74, 6) is 0.705. The van der Waals surface area contributed by atoms with Gasteiger partial charge in [0.25, 0.3) is 5.56 Å². The Balaban J connectivity index is 1.63. The van der Waals surface area contributed by atoms with Gasteiger partial charge >= 0.3 is 0 Å². The molecule has 4 heterocycles. The van der Waals surface area contributed by atoms with Crippen LogP contribution in [-0.2, 0) is 18.4 Å². The average Bonchev–Trinajstić information content (AvgIpc) is 3.10. The molecule has 1 aliphatic heterocycles. The highest BCUT2D eigenvalue weighted by Crippen LogP contribution is 2.27. The molecule has 7 heteroatoms. The van der Waals surface area contributed by atoms with Crippen molar-refractivity contribution >= 4 is 22.4 Å². The number of aromatic nitrogens is 4. The summed E-state index contributed by atoms with van der Waals surface area (Å²) in [6, 6.07) is 12.4. The number of hydrogen-bond donors (Lipinski definition) is 2. The van der Waals surface area contributed by atoms with Gasteiger partial charge in [0.15, 0.2) is 0 Å². The SMILES string of the molecule is CC(C)n1c(=O)c2cnc(Nc3ccc4c(c3)CNCC4)cc2n1-c1ccnc(C(C)(C)C)c1. The Morgan fingerprint density at radius 3 is 2.65 bits per heavy atom. The summed E-state index contributed by atoms with van der Waals surface area (Å²) in [5.41, 5.74) is 6.26. The third-order valence-electron chi connectivity index (χ3n) is 6.38. The summed E-state index contributed by atoms with van der Waals surface area (Å²) in [7, 11) is 0. The standard InChI is InChI=1S/C27H32N6O/c1-17(2)32-26(34)22-16-30-25(31-20-7-6-18-8-10-28-15-19(18)12-20)14-23(22)33(32)21-9-11-29-24(13-21)27(3,4)5/h6-7,9,11-14,16-17,28H,8,10,15H2,1-5H3,(H,30,31). The zero-order valence-electron chi connectivity index (χ0n) is 20.5. The second-order valence-electron chi connectivity index (χ2n) is 10.3. The summed E-state index contributed by atoms with van der Waals surface area (Å²) in [6.45, 7) is 12.4. The summed E-state index contributed by atoms with van der Waals surface area (Å²) < 4.78 is 3.80. The monoisotopic (exact) mass is 456 g/mol. The van der Waals surface area contributed by atoms with E-state index in [1.807, 2.05) is 36.9 Å². The second kappa shape index (κ2) is 8.40. The van der Waals surface area contributed by atoms with E-state index in [0.717, 1.165) is 42.1 Å². The maximum atomic E-state index is 13.3. The lowest BCUT2D eigenvalue weighted by molar-refractivity contribution is 0.476. The lowest BCUT2D eigenvalue weighted by atomic mass is 9.91. The average molecular weight is 457 g/mol. The van der Waals surface area contributed by atoms with Crippen LogP contribution < -0.4 is 16.2 Å². The number of hydrogen-bond acceptors (Lipinski definition) is 5. The Kier molecular flexibility index (Phi) is 5.52. The quantitative estimate of drug-likeness (QED) is 0.459. The van der Waals surface area contributed by atoms with Gasteiger partial charge in [0.2, 0.25) is 0 Å². The van der Waals surface area contributed by atoms with Crippen molar-refractivity contribution in [2.45, 2.75) is 59.0 Å². The minimum Gasteiger partial charge on any atom is -0.340 e. The molecule has 3 aromatic heterocycles. The molecule has 0 amide bonds. The molecule has 0 unspecified atom stereocenters. The van der Waals surface area contributed by atoms with Crippen molar-refractivity contribution in [1.82, 2.24) is 24.6 Å². The van der Waals surface area contributed by atoms with E-state index in [9.17, 15) is 4.79 Å². The van der Waals surface area contributed by atoms with Crippen molar-refractivity contribution in [3.8, 4) is 5.69 Å². The summed E-state index contributed by atoms with van der Waals surface area (Å²) in [4.78, 5) is 22.5. The predicted octanol–water partition coefficient (Wildman–Crippen LogP) is 4.85. The maximum absolute atomic E-state index is 13.3. The number of nitrogens with one attached hydrogen (secondary N) is 2. The summed E-state index contributed by atoms with van der Waals surface area (Å²) in [6.07, 6.45) is 4.55. The molecule has 0 saturated carbocycles. The van der Waals surface area contributed by atoms with Crippen LogP contribution in [0.2, 0.25) is 0 Å². The van der Waals surface area contributed by atoms with E-state index < -0.39 is 0 Å². The molecule has 0 spiro atoms. The third kappa shape index (κ3) is 4.01. The largest absolute Gasteiger partial charge is 0.340 e. The number of fused-ring (bicyclic) bond motifs is 2. The van der Waals surface area contributed by atoms with E-state index in [2.05, 4.69) is 65.6 Å². The second-order valence-corrected chi connectivity index (χ2v) is 10.3. The van der Waals surface area contributed by atoms with Crippen molar-refractivity contribution in [2.24, 2.45) is 0 Å². The van der Waals surface area contributed by atoms with E-state index in [1.54, 1.807) is 10.9 Å². The lowest BCUT2D eigenvalue weighted by Crippen LogP contribution is -2.24. The summed E-state index contributed by atoms with van der Waals surface area (Å²) >= 11 is 0. The smallest absolute Gasteiger partial charge is 0.276 e. The zero-order valence-corrected chi connectivity index (χ0v) is 20.5. The molecule has 0 saturated heterocycles. The molecule has 34 heavy (non-hydrogen) atoms. The third-order valence-corrected chi connectivity index (χ3v) is 6.38. The number of pyridine rings is 2. The van der Waals surface area contributed by atoms with Gasteiger partial charge in [-0.3, -0.25) is 9.78 Å². The molecule has 0 radical (unpaired) electrons. The Bertz CT molecular complexity index is 1420. The Morgan fingerprint density at radius 2 is 1.88 bits per heavy atom. The van der Waals surface area contributed by atoms with Crippen molar-refractivity contribution in [3.05, 3.63) is 76.0 Å². The van der Waals surface area contributed by atoms with Crippen LogP contribution in [0.25, 0.3) is 16.6 Å². The molecule has 7 nitrogen and oxygen atoms in total. The molecule has 1 aromatic carbocycles. The van der Waals surface area contributed by atoms with Gasteiger partial charge in [-0.25, -0.2) is 14.3 Å². The highest BCUT2D eigenvalue weighted by atomic mass is 16.1. The van der Waals surface area contributed by atoms with Crippen LogP contribution in [0.1, 0.15) is 57.5 Å². The first-order chi connectivity index (χ1) is 16.2. The fourth-order valence-electron chi connectivity index (χ4n) is 4.58. The van der Waals surface area contributed by atoms with Gasteiger partial charge in [0.1, 0.15) is 5.82 Å². The van der Waals surface area contributed by atoms with Crippen LogP contribution in [0.3, 0.4) is 0 Å². The minimum atomic E-state index is -0.0997. The van der Waals surface area contributed by atoms with Crippen LogP contribution in [0.4, 0.5) is 11.5 Å². The van der Waals surface area contributed by atoms with Gasteiger partial charge in [0.05, 0.1) is 16.6 Å². The molecule has 0 bridgehead atoms. The van der Waals surface area contributed by atoms with E-state index in [-0.39, 0.29) is 17.0 Å². The highest BCUT2D eigenvalue weighted by molar-refractivity contribution is 5.83. The summed E-state index contributed by atoms with van der Waals surface area (Å²) in [5, 5.41) is 7.47. The van der Waals surface area contributed by atoms with Crippen LogP contribution >= 0.6 is 0 Å². The molecular formula is C27H32N6O. The normalized spacial score (nSPS) is 13.9. The Hall–Kier alpha value is -3.45. The maximum Gasteiger partial charge on any atom is 0.276 e. The molecule has 1 aliphatic rings. The minimum absolute atomic E-state index is 0.0179. The molecule has 5 rings (SSSR count). The van der Waals surface area contributed by atoms with Crippen LogP contribution in [0.5, 0.6) is 0 Å². The molecule has 176 valence electrons. The van der Waals surface area contributed by atoms with Gasteiger partial charge < -0.3 is 10.6 Å². The van der Waals surface area contributed by atoms with E-state index in [1.165, 1.54) is 11.1 Å². The van der Waals surface area contributed by atoms with Crippen LogP contribution in [0.15, 0.2) is 53.6 Å². The molecule has 0 fully saturated rings. The highest BCUT2D eigenvalue weighted by Gasteiger charge is 2.21. The van der Waals surface area contributed by atoms with Gasteiger partial charge in [-0.2, -0.15) is 0 Å². The van der Waals surface area contributed by atoms with Crippen LogP contribution in [-0.4, -0.2) is 25.9 Å². The molecule has 0 aliphatic carbocycles. The van der Waals surface area contributed by atoms with Gasteiger partial charge in [0, 0.05) is 47.8 Å². The fourth-order valence-corrected chi connectivity index (χ4v) is 4.58. The zero-order chi connectivity index (χ0) is 24.0. The molecule has 2 N–H and O–H groups in total. The number of rotatable bonds is 4. The molecular weight excluding hydrogens is 424 g/mol. The number of nitrogens with zero attached hydrogens (tertiary/aromatic N) is 4. The van der Waals surface area contributed by atoms with Crippen molar-refractivity contribution in [2.75, 3.05) is 11.9 Å². The number of anilines is 2. The molecule has 0 atom stereocenters. The number of benzene rings is 1. The van der Waals surface area contributed by atoms with Crippen LogP contribution in [0, 0.1) is 0 Å².